The lowest BCUT2D eigenvalue weighted by molar-refractivity contribution is -0.0586. The number of carbonyl (C=O) groups is 2. The van der Waals surface area contributed by atoms with E-state index in [1.807, 2.05) is 43.0 Å². The molecule has 2 aliphatic rings. The summed E-state index contributed by atoms with van der Waals surface area (Å²) in [5.74, 6) is -0.180. The van der Waals surface area contributed by atoms with Gasteiger partial charge in [-0.2, -0.15) is 5.10 Å². The molecule has 1 aromatic heterocycles. The van der Waals surface area contributed by atoms with Crippen LogP contribution in [-0.4, -0.2) is 58.8 Å². The molecule has 2 atom stereocenters. The summed E-state index contributed by atoms with van der Waals surface area (Å²) in [4.78, 5) is 27.1. The first-order chi connectivity index (χ1) is 14.0. The van der Waals surface area contributed by atoms with E-state index in [4.69, 9.17) is 4.74 Å². The van der Waals surface area contributed by atoms with Crippen LogP contribution in [0.15, 0.2) is 24.3 Å². The number of benzene rings is 1. The highest BCUT2D eigenvalue weighted by atomic mass is 16.5. The van der Waals surface area contributed by atoms with E-state index in [1.165, 1.54) is 0 Å². The Kier molecular flexibility index (Phi) is 5.64. The number of nitrogens with zero attached hydrogens (tertiary/aromatic N) is 2. The zero-order chi connectivity index (χ0) is 20.4. The molecule has 3 N–H and O–H groups in total. The van der Waals surface area contributed by atoms with Gasteiger partial charge in [0.25, 0.3) is 11.8 Å². The first-order valence-electron chi connectivity index (χ1n) is 10.1. The van der Waals surface area contributed by atoms with E-state index in [0.29, 0.717) is 37.4 Å². The van der Waals surface area contributed by atoms with E-state index < -0.39 is 0 Å². The topological polar surface area (TPSA) is 99.4 Å². The van der Waals surface area contributed by atoms with Crippen molar-refractivity contribution >= 4 is 11.8 Å². The number of aromatic nitrogens is 2. The summed E-state index contributed by atoms with van der Waals surface area (Å²) in [5, 5.41) is 13.3. The fourth-order valence-corrected chi connectivity index (χ4v) is 3.97. The van der Waals surface area contributed by atoms with Crippen molar-refractivity contribution < 1.29 is 14.3 Å². The van der Waals surface area contributed by atoms with Gasteiger partial charge in [0, 0.05) is 56.0 Å². The quantitative estimate of drug-likeness (QED) is 0.721. The number of H-pyrrole nitrogens is 1. The van der Waals surface area contributed by atoms with E-state index in [2.05, 4.69) is 20.8 Å². The Labute approximate surface area is 170 Å². The van der Waals surface area contributed by atoms with Crippen molar-refractivity contribution in [3.8, 4) is 0 Å². The Morgan fingerprint density at radius 2 is 1.93 bits per heavy atom. The molecule has 2 amide bonds. The van der Waals surface area contributed by atoms with Gasteiger partial charge in [0.2, 0.25) is 0 Å². The zero-order valence-electron chi connectivity index (χ0n) is 16.8. The van der Waals surface area contributed by atoms with Gasteiger partial charge < -0.3 is 20.3 Å². The Morgan fingerprint density at radius 1 is 1.21 bits per heavy atom. The number of hydrogen-bond donors (Lipinski definition) is 3. The molecular formula is C21H27N5O3. The number of carbonyl (C=O) groups excluding carboxylic acids is 2. The zero-order valence-corrected chi connectivity index (χ0v) is 16.8. The first-order valence-corrected chi connectivity index (χ1v) is 10.1. The molecule has 0 radical (unpaired) electrons. The summed E-state index contributed by atoms with van der Waals surface area (Å²) >= 11 is 0. The highest BCUT2D eigenvalue weighted by Crippen LogP contribution is 2.16. The molecule has 29 heavy (non-hydrogen) atoms. The second-order valence-corrected chi connectivity index (χ2v) is 7.80. The summed E-state index contributed by atoms with van der Waals surface area (Å²) in [5.41, 5.74) is 4.01. The van der Waals surface area contributed by atoms with Crippen LogP contribution in [0.2, 0.25) is 0 Å². The molecule has 0 bridgehead atoms. The number of morpholine rings is 1. The van der Waals surface area contributed by atoms with Crippen molar-refractivity contribution in [3.05, 3.63) is 52.3 Å². The lowest BCUT2D eigenvalue weighted by Gasteiger charge is -2.35. The van der Waals surface area contributed by atoms with Gasteiger partial charge in [-0.1, -0.05) is 12.1 Å². The molecule has 4 rings (SSSR count). The SMILES string of the molecule is CC1CN(C(=O)c2ccc(CNC(=O)c3n[nH]c4c3CNCC4)cc2)CC(C)O1. The molecule has 8 heteroatoms. The van der Waals surface area contributed by atoms with Crippen LogP contribution < -0.4 is 10.6 Å². The molecule has 1 fully saturated rings. The molecule has 0 aliphatic carbocycles. The van der Waals surface area contributed by atoms with Gasteiger partial charge >= 0.3 is 0 Å². The minimum atomic E-state index is -0.192. The largest absolute Gasteiger partial charge is 0.372 e. The lowest BCUT2D eigenvalue weighted by Crippen LogP contribution is -2.48. The molecule has 154 valence electrons. The second-order valence-electron chi connectivity index (χ2n) is 7.80. The van der Waals surface area contributed by atoms with Crippen LogP contribution in [0.5, 0.6) is 0 Å². The van der Waals surface area contributed by atoms with Crippen molar-refractivity contribution in [2.24, 2.45) is 0 Å². The van der Waals surface area contributed by atoms with Gasteiger partial charge in [-0.05, 0) is 31.5 Å². The number of amides is 2. The fourth-order valence-electron chi connectivity index (χ4n) is 3.97. The van der Waals surface area contributed by atoms with E-state index >= 15 is 0 Å². The van der Waals surface area contributed by atoms with E-state index in [-0.39, 0.29) is 24.0 Å². The Morgan fingerprint density at radius 3 is 2.66 bits per heavy atom. The van der Waals surface area contributed by atoms with Crippen LogP contribution in [0.4, 0.5) is 0 Å². The number of fused-ring (bicyclic) bond motifs is 1. The third kappa shape index (κ3) is 4.33. The van der Waals surface area contributed by atoms with E-state index in [0.717, 1.165) is 29.8 Å². The predicted molar refractivity (Wildman–Crippen MR) is 108 cm³/mol. The molecule has 0 saturated carbocycles. The Balaban J connectivity index is 1.35. The van der Waals surface area contributed by atoms with Crippen LogP contribution in [0.25, 0.3) is 0 Å². The summed E-state index contributed by atoms with van der Waals surface area (Å²) in [7, 11) is 0. The highest BCUT2D eigenvalue weighted by molar-refractivity contribution is 5.95. The van der Waals surface area contributed by atoms with Crippen LogP contribution in [0.3, 0.4) is 0 Å². The maximum Gasteiger partial charge on any atom is 0.272 e. The monoisotopic (exact) mass is 397 g/mol. The average molecular weight is 397 g/mol. The Bertz CT molecular complexity index is 882. The third-order valence-corrected chi connectivity index (χ3v) is 5.38. The van der Waals surface area contributed by atoms with Gasteiger partial charge in [-0.3, -0.25) is 14.7 Å². The average Bonchev–Trinajstić information content (AvgIpc) is 3.15. The lowest BCUT2D eigenvalue weighted by atomic mass is 10.1. The minimum Gasteiger partial charge on any atom is -0.372 e. The summed E-state index contributed by atoms with van der Waals surface area (Å²) < 4.78 is 5.70. The fraction of sp³-hybridized carbons (Fsp3) is 0.476. The third-order valence-electron chi connectivity index (χ3n) is 5.38. The number of aromatic amines is 1. The molecular weight excluding hydrogens is 370 g/mol. The highest BCUT2D eigenvalue weighted by Gasteiger charge is 2.26. The van der Waals surface area contributed by atoms with Crippen molar-refractivity contribution in [3.63, 3.8) is 0 Å². The smallest absolute Gasteiger partial charge is 0.272 e. The molecule has 1 saturated heterocycles. The molecule has 1 aromatic carbocycles. The predicted octanol–water partition coefficient (Wildman–Crippen LogP) is 1.23. The molecule has 8 nitrogen and oxygen atoms in total. The maximum atomic E-state index is 12.7. The number of hydrogen-bond acceptors (Lipinski definition) is 5. The molecule has 2 aliphatic heterocycles. The van der Waals surface area contributed by atoms with Crippen molar-refractivity contribution in [2.45, 2.75) is 45.6 Å². The van der Waals surface area contributed by atoms with Crippen LogP contribution in [0, 0.1) is 0 Å². The van der Waals surface area contributed by atoms with E-state index in [9.17, 15) is 9.59 Å². The standard InChI is InChI=1S/C21H27N5O3/c1-13-11-26(12-14(2)29-13)21(28)16-5-3-15(4-6-16)9-23-20(27)19-17-10-22-8-7-18(17)24-25-19/h3-6,13-14,22H,7-12H2,1-2H3,(H,23,27)(H,24,25). The van der Waals surface area contributed by atoms with Crippen molar-refractivity contribution in [2.75, 3.05) is 19.6 Å². The molecule has 2 unspecified atom stereocenters. The number of nitrogens with one attached hydrogen (secondary N) is 3. The molecule has 3 heterocycles. The normalized spacial score (nSPS) is 21.5. The van der Waals surface area contributed by atoms with Crippen molar-refractivity contribution in [1.82, 2.24) is 25.7 Å². The second kappa shape index (κ2) is 8.34. The van der Waals surface area contributed by atoms with Crippen LogP contribution in [0.1, 0.15) is 51.5 Å². The van der Waals surface area contributed by atoms with Gasteiger partial charge in [-0.25, -0.2) is 0 Å². The van der Waals surface area contributed by atoms with Crippen molar-refractivity contribution in [1.29, 1.82) is 0 Å². The van der Waals surface area contributed by atoms with Crippen LogP contribution >= 0.6 is 0 Å². The van der Waals surface area contributed by atoms with Gasteiger partial charge in [0.15, 0.2) is 5.69 Å². The minimum absolute atomic E-state index is 0.0123. The summed E-state index contributed by atoms with van der Waals surface area (Å²) in [6.45, 7) is 7.10. The van der Waals surface area contributed by atoms with Gasteiger partial charge in [0.05, 0.1) is 12.2 Å². The summed E-state index contributed by atoms with van der Waals surface area (Å²) in [6, 6.07) is 7.38. The van der Waals surface area contributed by atoms with Crippen LogP contribution in [-0.2, 0) is 24.2 Å². The Hall–Kier alpha value is -2.71. The molecule has 2 aromatic rings. The number of rotatable bonds is 4. The van der Waals surface area contributed by atoms with E-state index in [1.54, 1.807) is 0 Å². The first kappa shape index (κ1) is 19.6. The van der Waals surface area contributed by atoms with Gasteiger partial charge in [0.1, 0.15) is 0 Å². The summed E-state index contributed by atoms with van der Waals surface area (Å²) in [6.07, 6.45) is 0.937. The number of ether oxygens (including phenoxy) is 1. The van der Waals surface area contributed by atoms with Gasteiger partial charge in [-0.15, -0.1) is 0 Å². The molecule has 0 spiro atoms. The maximum absolute atomic E-state index is 12.7.